The van der Waals surface area contributed by atoms with Crippen LogP contribution >= 0.6 is 0 Å². The molecular weight excluding hydrogens is 268 g/mol. The van der Waals surface area contributed by atoms with Gasteiger partial charge in [0.25, 0.3) is 10.2 Å². The van der Waals surface area contributed by atoms with Crippen molar-refractivity contribution < 1.29 is 18.3 Å². The third-order valence-electron chi connectivity index (χ3n) is 3.38. The molecule has 1 rings (SSSR count). The molecule has 1 fully saturated rings. The molecule has 0 saturated heterocycles. The van der Waals surface area contributed by atoms with Crippen molar-refractivity contribution in [1.29, 1.82) is 0 Å². The molecule has 0 aliphatic heterocycles. The third kappa shape index (κ3) is 4.74. The number of nitrogens with zero attached hydrogens (tertiary/aromatic N) is 1. The quantitative estimate of drug-likeness (QED) is 0.703. The van der Waals surface area contributed by atoms with E-state index in [1.165, 1.54) is 4.31 Å². The fourth-order valence-electron chi connectivity index (χ4n) is 2.45. The molecule has 1 aliphatic carbocycles. The molecule has 0 radical (unpaired) electrons. The Labute approximate surface area is 115 Å². The Morgan fingerprint density at radius 3 is 2.26 bits per heavy atom. The molecule has 2 atom stereocenters. The van der Waals surface area contributed by atoms with Crippen LogP contribution in [0.2, 0.25) is 0 Å². The zero-order valence-electron chi connectivity index (χ0n) is 11.6. The fraction of sp³-hybridized carbons (Fsp3) is 0.917. The van der Waals surface area contributed by atoms with Crippen LogP contribution in [0.25, 0.3) is 0 Å². The maximum atomic E-state index is 12.2. The summed E-state index contributed by atoms with van der Waals surface area (Å²) in [7, 11) is -3.49. The van der Waals surface area contributed by atoms with E-state index in [-0.39, 0.29) is 6.04 Å². The van der Waals surface area contributed by atoms with Gasteiger partial charge >= 0.3 is 5.97 Å². The van der Waals surface area contributed by atoms with Gasteiger partial charge in [-0.05, 0) is 32.1 Å². The van der Waals surface area contributed by atoms with Crippen LogP contribution in [0, 0.1) is 5.92 Å². The number of hydrogen-bond acceptors (Lipinski definition) is 3. The summed E-state index contributed by atoms with van der Waals surface area (Å²) in [6.07, 6.45) is 3.07. The van der Waals surface area contributed by atoms with E-state index in [0.29, 0.717) is 32.4 Å². The molecule has 112 valence electrons. The van der Waals surface area contributed by atoms with Crippen molar-refractivity contribution >= 4 is 16.2 Å². The Kier molecular flexibility index (Phi) is 6.22. The lowest BCUT2D eigenvalue weighted by Crippen LogP contribution is -2.45. The van der Waals surface area contributed by atoms with Gasteiger partial charge in [-0.2, -0.15) is 17.4 Å². The molecule has 0 heterocycles. The topological polar surface area (TPSA) is 86.7 Å². The molecule has 0 aromatic rings. The fourth-order valence-corrected chi connectivity index (χ4v) is 4.08. The lowest BCUT2D eigenvalue weighted by Gasteiger charge is -2.23. The van der Waals surface area contributed by atoms with Gasteiger partial charge in [0.1, 0.15) is 0 Å². The monoisotopic (exact) mass is 292 g/mol. The van der Waals surface area contributed by atoms with E-state index in [0.717, 1.165) is 12.8 Å². The van der Waals surface area contributed by atoms with Gasteiger partial charge in [-0.25, -0.2) is 0 Å². The van der Waals surface area contributed by atoms with Gasteiger partial charge in [-0.3, -0.25) is 4.79 Å². The number of carboxylic acids is 1. The van der Waals surface area contributed by atoms with Crippen LogP contribution in [0.1, 0.15) is 46.0 Å². The van der Waals surface area contributed by atoms with Crippen LogP contribution < -0.4 is 4.72 Å². The molecule has 2 N–H and O–H groups in total. The van der Waals surface area contributed by atoms with Gasteiger partial charge < -0.3 is 5.11 Å². The Balaban J connectivity index is 2.61. The number of carbonyl (C=O) groups is 1. The second kappa shape index (κ2) is 7.21. The minimum absolute atomic E-state index is 0.248. The van der Waals surface area contributed by atoms with E-state index >= 15 is 0 Å². The summed E-state index contributed by atoms with van der Waals surface area (Å²) in [4.78, 5) is 10.9. The second-order valence-corrected chi connectivity index (χ2v) is 6.77. The Morgan fingerprint density at radius 1 is 1.26 bits per heavy atom. The highest BCUT2D eigenvalue weighted by atomic mass is 32.2. The molecule has 0 aromatic carbocycles. The molecule has 1 saturated carbocycles. The van der Waals surface area contributed by atoms with Gasteiger partial charge in [0.05, 0.1) is 5.92 Å². The smallest absolute Gasteiger partial charge is 0.306 e. The first-order valence-corrected chi connectivity index (χ1v) is 8.34. The van der Waals surface area contributed by atoms with Gasteiger partial charge in [0.2, 0.25) is 0 Å². The van der Waals surface area contributed by atoms with Crippen molar-refractivity contribution in [3.63, 3.8) is 0 Å². The van der Waals surface area contributed by atoms with Crippen LogP contribution in [0.4, 0.5) is 0 Å². The van der Waals surface area contributed by atoms with Gasteiger partial charge in [-0.15, -0.1) is 0 Å². The molecule has 0 amide bonds. The highest BCUT2D eigenvalue weighted by molar-refractivity contribution is 7.87. The predicted octanol–water partition coefficient (Wildman–Crippen LogP) is 1.20. The molecule has 7 heteroatoms. The van der Waals surface area contributed by atoms with Crippen molar-refractivity contribution in [3.05, 3.63) is 0 Å². The van der Waals surface area contributed by atoms with Gasteiger partial charge in [0.15, 0.2) is 0 Å². The van der Waals surface area contributed by atoms with Crippen molar-refractivity contribution in [1.82, 2.24) is 9.03 Å². The average Bonchev–Trinajstić information content (AvgIpc) is 2.76. The first-order valence-electron chi connectivity index (χ1n) is 6.90. The van der Waals surface area contributed by atoms with E-state index in [4.69, 9.17) is 5.11 Å². The lowest BCUT2D eigenvalue weighted by molar-refractivity contribution is -0.141. The van der Waals surface area contributed by atoms with Crippen LogP contribution in [-0.4, -0.2) is 42.9 Å². The summed E-state index contributed by atoms with van der Waals surface area (Å²) >= 11 is 0. The van der Waals surface area contributed by atoms with Gasteiger partial charge in [-0.1, -0.05) is 13.8 Å². The molecule has 1 aliphatic rings. The molecule has 6 nitrogen and oxygen atoms in total. The minimum atomic E-state index is -3.49. The maximum absolute atomic E-state index is 12.2. The SMILES string of the molecule is CCCN(CCC)S(=O)(=O)N[C@@H]1CC[C@H](C(=O)O)C1. The first-order chi connectivity index (χ1) is 8.90. The Hall–Kier alpha value is -0.660. The summed E-state index contributed by atoms with van der Waals surface area (Å²) < 4.78 is 28.5. The average molecular weight is 292 g/mol. The van der Waals surface area contributed by atoms with Crippen LogP contribution in [0.5, 0.6) is 0 Å². The number of rotatable bonds is 8. The highest BCUT2D eigenvalue weighted by Crippen LogP contribution is 2.26. The van der Waals surface area contributed by atoms with Crippen LogP contribution in [0.15, 0.2) is 0 Å². The molecular formula is C12H24N2O4S. The van der Waals surface area contributed by atoms with Crippen LogP contribution in [0.3, 0.4) is 0 Å². The van der Waals surface area contributed by atoms with E-state index in [2.05, 4.69) is 4.72 Å². The number of nitrogens with one attached hydrogen (secondary N) is 1. The van der Waals surface area contributed by atoms with E-state index in [1.54, 1.807) is 0 Å². The van der Waals surface area contributed by atoms with Crippen molar-refractivity contribution in [2.75, 3.05) is 13.1 Å². The summed E-state index contributed by atoms with van der Waals surface area (Å²) in [6, 6.07) is -0.248. The zero-order valence-corrected chi connectivity index (χ0v) is 12.4. The molecule has 0 aromatic heterocycles. The summed E-state index contributed by atoms with van der Waals surface area (Å²) in [6.45, 7) is 4.87. The van der Waals surface area contributed by atoms with E-state index in [9.17, 15) is 13.2 Å². The van der Waals surface area contributed by atoms with Crippen molar-refractivity contribution in [2.45, 2.75) is 52.0 Å². The van der Waals surface area contributed by atoms with Crippen molar-refractivity contribution in [2.24, 2.45) is 5.92 Å². The maximum Gasteiger partial charge on any atom is 0.306 e. The predicted molar refractivity (Wildman–Crippen MR) is 73.0 cm³/mol. The Bertz CT molecular complexity index is 391. The van der Waals surface area contributed by atoms with E-state index in [1.807, 2.05) is 13.8 Å². The third-order valence-corrected chi connectivity index (χ3v) is 5.06. The summed E-state index contributed by atoms with van der Waals surface area (Å²) in [5.74, 6) is -1.25. The molecule has 0 unspecified atom stereocenters. The Morgan fingerprint density at radius 2 is 1.84 bits per heavy atom. The van der Waals surface area contributed by atoms with Crippen LogP contribution in [-0.2, 0) is 15.0 Å². The molecule has 0 spiro atoms. The number of aliphatic carboxylic acids is 1. The first kappa shape index (κ1) is 16.4. The second-order valence-electron chi connectivity index (χ2n) is 5.07. The minimum Gasteiger partial charge on any atom is -0.481 e. The largest absolute Gasteiger partial charge is 0.481 e. The normalized spacial score (nSPS) is 23.9. The number of carboxylic acid groups (broad SMARTS) is 1. The number of hydrogen-bond donors (Lipinski definition) is 2. The summed E-state index contributed by atoms with van der Waals surface area (Å²) in [5.41, 5.74) is 0. The van der Waals surface area contributed by atoms with E-state index < -0.39 is 22.1 Å². The van der Waals surface area contributed by atoms with Crippen molar-refractivity contribution in [3.8, 4) is 0 Å². The zero-order chi connectivity index (χ0) is 14.5. The highest BCUT2D eigenvalue weighted by Gasteiger charge is 2.33. The molecule has 19 heavy (non-hydrogen) atoms. The van der Waals surface area contributed by atoms with Gasteiger partial charge in [0, 0.05) is 19.1 Å². The lowest BCUT2D eigenvalue weighted by atomic mass is 10.1. The summed E-state index contributed by atoms with van der Waals surface area (Å²) in [5, 5.41) is 8.92. The standard InChI is InChI=1S/C12H24N2O4S/c1-3-7-14(8-4-2)19(17,18)13-11-6-5-10(9-11)12(15)16/h10-11,13H,3-9H2,1-2H3,(H,15,16)/t10-,11+/m0/s1. The molecule has 0 bridgehead atoms.